The molecule has 4 aromatic rings. The summed E-state index contributed by atoms with van der Waals surface area (Å²) in [5, 5.41) is 9.15. The number of nitrogens with zero attached hydrogens (tertiary/aromatic N) is 5. The van der Waals surface area contributed by atoms with E-state index in [0.717, 1.165) is 10.9 Å². The Morgan fingerprint density at radius 1 is 1.07 bits per heavy atom. The largest absolute Gasteiger partial charge is 0.494 e. The Morgan fingerprint density at radius 2 is 1.89 bits per heavy atom. The lowest BCUT2D eigenvalue weighted by molar-refractivity contribution is 0.417. The smallest absolute Gasteiger partial charge is 0.263 e. The zero-order valence-corrected chi connectivity index (χ0v) is 16.3. The highest BCUT2D eigenvalue weighted by atomic mass is 32.2. The zero-order valence-electron chi connectivity index (χ0n) is 15.5. The van der Waals surface area contributed by atoms with E-state index in [9.17, 15) is 8.42 Å². The number of sulfonamides is 1. The molecule has 28 heavy (non-hydrogen) atoms. The molecular weight excluding hydrogens is 380 g/mol. The number of hydrogen-bond donors (Lipinski definition) is 1. The first-order valence-corrected chi connectivity index (χ1v) is 9.86. The van der Waals surface area contributed by atoms with E-state index in [-0.39, 0.29) is 4.90 Å². The van der Waals surface area contributed by atoms with Gasteiger partial charge in [0, 0.05) is 24.8 Å². The molecule has 10 heteroatoms. The van der Waals surface area contributed by atoms with Gasteiger partial charge in [-0.25, -0.2) is 18.1 Å². The number of anilines is 1. The fourth-order valence-electron chi connectivity index (χ4n) is 2.92. The van der Waals surface area contributed by atoms with Gasteiger partial charge < -0.3 is 4.74 Å². The van der Waals surface area contributed by atoms with E-state index in [1.54, 1.807) is 40.9 Å². The second kappa shape index (κ2) is 6.64. The van der Waals surface area contributed by atoms with Gasteiger partial charge in [0.05, 0.1) is 25.0 Å². The number of fused-ring (bicyclic) bond motifs is 1. The van der Waals surface area contributed by atoms with Crippen LogP contribution in [0, 0.1) is 6.92 Å². The number of aryl methyl sites for hydroxylation is 2. The first-order chi connectivity index (χ1) is 13.4. The highest BCUT2D eigenvalue weighted by Gasteiger charge is 2.21. The second-order valence-corrected chi connectivity index (χ2v) is 7.95. The summed E-state index contributed by atoms with van der Waals surface area (Å²) in [5.74, 6) is 0.926. The van der Waals surface area contributed by atoms with Gasteiger partial charge in [0.15, 0.2) is 5.82 Å². The second-order valence-electron chi connectivity index (χ2n) is 6.27. The Labute approximate surface area is 161 Å². The number of hydrogen-bond acceptors (Lipinski definition) is 6. The van der Waals surface area contributed by atoms with E-state index in [4.69, 9.17) is 4.74 Å². The third kappa shape index (κ3) is 3.07. The molecule has 144 valence electrons. The first-order valence-electron chi connectivity index (χ1n) is 8.38. The Morgan fingerprint density at radius 3 is 2.54 bits per heavy atom. The summed E-state index contributed by atoms with van der Waals surface area (Å²) in [5.41, 5.74) is 1.93. The van der Waals surface area contributed by atoms with Crippen molar-refractivity contribution in [2.24, 2.45) is 7.05 Å². The fraction of sp³-hybridized carbons (Fsp3) is 0.167. The zero-order chi connectivity index (χ0) is 19.9. The van der Waals surface area contributed by atoms with Gasteiger partial charge >= 0.3 is 0 Å². The number of pyridine rings is 1. The van der Waals surface area contributed by atoms with E-state index in [2.05, 4.69) is 19.9 Å². The summed E-state index contributed by atoms with van der Waals surface area (Å²) in [6, 6.07) is 6.60. The van der Waals surface area contributed by atoms with E-state index in [1.807, 2.05) is 19.2 Å². The number of methoxy groups -OCH3 is 1. The van der Waals surface area contributed by atoms with Crippen LogP contribution in [0.3, 0.4) is 0 Å². The lowest BCUT2D eigenvalue weighted by Crippen LogP contribution is -2.15. The van der Waals surface area contributed by atoms with Gasteiger partial charge in [-0.2, -0.15) is 10.2 Å². The first kappa shape index (κ1) is 18.0. The normalized spacial score (nSPS) is 11.7. The van der Waals surface area contributed by atoms with Gasteiger partial charge in [-0.05, 0) is 36.8 Å². The molecule has 4 rings (SSSR count). The third-order valence-electron chi connectivity index (χ3n) is 4.30. The third-order valence-corrected chi connectivity index (χ3v) is 5.63. The molecule has 0 aliphatic heterocycles. The monoisotopic (exact) mass is 398 g/mol. The minimum Gasteiger partial charge on any atom is -0.494 e. The molecule has 0 radical (unpaired) electrons. The van der Waals surface area contributed by atoms with Gasteiger partial charge in [0.25, 0.3) is 10.0 Å². The maximum atomic E-state index is 12.9. The van der Waals surface area contributed by atoms with Crippen LogP contribution in [0.25, 0.3) is 16.7 Å². The number of ether oxygens (including phenoxy) is 1. The van der Waals surface area contributed by atoms with Crippen molar-refractivity contribution in [1.82, 2.24) is 24.5 Å². The lowest BCUT2D eigenvalue weighted by Gasteiger charge is -2.14. The average Bonchev–Trinajstić information content (AvgIpc) is 3.28. The van der Waals surface area contributed by atoms with Crippen LogP contribution in [-0.4, -0.2) is 40.1 Å². The van der Waals surface area contributed by atoms with E-state index in [1.165, 1.54) is 19.4 Å². The van der Waals surface area contributed by atoms with Crippen LogP contribution >= 0.6 is 0 Å². The molecule has 9 nitrogen and oxygen atoms in total. The van der Waals surface area contributed by atoms with Crippen LogP contribution in [0.1, 0.15) is 5.56 Å². The van der Waals surface area contributed by atoms with Crippen LogP contribution < -0.4 is 9.46 Å². The Hall–Kier alpha value is -3.40. The minimum absolute atomic E-state index is 0.0290. The van der Waals surface area contributed by atoms with Gasteiger partial charge in [-0.1, -0.05) is 0 Å². The summed E-state index contributed by atoms with van der Waals surface area (Å²) in [6.45, 7) is 1.92. The fourth-order valence-corrected chi connectivity index (χ4v) is 3.94. The minimum atomic E-state index is -3.89. The Bertz CT molecular complexity index is 1260. The molecule has 3 heterocycles. The summed E-state index contributed by atoms with van der Waals surface area (Å²) < 4.78 is 37.0. The summed E-state index contributed by atoms with van der Waals surface area (Å²) in [7, 11) is -0.667. The molecule has 0 spiro atoms. The molecule has 0 bridgehead atoms. The molecule has 0 unspecified atom stereocenters. The van der Waals surface area contributed by atoms with E-state index >= 15 is 0 Å². The quantitative estimate of drug-likeness (QED) is 0.553. The predicted octanol–water partition coefficient (Wildman–Crippen LogP) is 2.27. The molecule has 0 fully saturated rings. The van der Waals surface area contributed by atoms with Gasteiger partial charge in [0.2, 0.25) is 0 Å². The predicted molar refractivity (Wildman–Crippen MR) is 104 cm³/mol. The summed E-state index contributed by atoms with van der Waals surface area (Å²) in [6.07, 6.45) is 6.47. The molecule has 0 saturated carbocycles. The lowest BCUT2D eigenvalue weighted by atomic mass is 10.2. The highest BCUT2D eigenvalue weighted by molar-refractivity contribution is 7.92. The van der Waals surface area contributed by atoms with Crippen molar-refractivity contribution in [3.05, 3.63) is 54.6 Å². The molecule has 1 aromatic carbocycles. The topological polar surface area (TPSA) is 104 Å². The van der Waals surface area contributed by atoms with Crippen molar-refractivity contribution in [2.45, 2.75) is 11.8 Å². The molecule has 0 aliphatic carbocycles. The number of nitrogens with one attached hydrogen (secondary N) is 1. The van der Waals surface area contributed by atoms with Crippen LogP contribution in [0.2, 0.25) is 0 Å². The Kier molecular flexibility index (Phi) is 4.27. The molecule has 3 aromatic heterocycles. The average molecular weight is 398 g/mol. The van der Waals surface area contributed by atoms with Crippen LogP contribution in [0.4, 0.5) is 5.69 Å². The number of benzene rings is 1. The molecular formula is C18H18N6O3S. The van der Waals surface area contributed by atoms with Crippen molar-refractivity contribution < 1.29 is 13.2 Å². The molecule has 0 saturated heterocycles. The number of rotatable bonds is 5. The van der Waals surface area contributed by atoms with Crippen LogP contribution in [0.5, 0.6) is 5.75 Å². The molecule has 0 aliphatic rings. The summed E-state index contributed by atoms with van der Waals surface area (Å²) >= 11 is 0. The van der Waals surface area contributed by atoms with Crippen molar-refractivity contribution in [2.75, 3.05) is 11.8 Å². The molecule has 0 atom stereocenters. The molecule has 1 N–H and O–H groups in total. The molecule has 0 amide bonds. The SMILES string of the molecule is COc1ccc2cnn(C)c2c1NS(=O)(=O)c1ccc(-n2cc(C)cn2)nc1. The van der Waals surface area contributed by atoms with E-state index < -0.39 is 10.0 Å². The number of aromatic nitrogens is 5. The van der Waals surface area contributed by atoms with Gasteiger partial charge in [-0.15, -0.1) is 0 Å². The maximum absolute atomic E-state index is 12.9. The van der Waals surface area contributed by atoms with Crippen molar-refractivity contribution in [3.63, 3.8) is 0 Å². The summed E-state index contributed by atoms with van der Waals surface area (Å²) in [4.78, 5) is 4.24. The van der Waals surface area contributed by atoms with Crippen molar-refractivity contribution >= 4 is 26.6 Å². The highest BCUT2D eigenvalue weighted by Crippen LogP contribution is 2.34. The van der Waals surface area contributed by atoms with Crippen LogP contribution in [0.15, 0.2) is 53.9 Å². The van der Waals surface area contributed by atoms with E-state index in [0.29, 0.717) is 22.8 Å². The standard InChI is InChI=1S/C18H18N6O3S/c1-12-8-21-24(11-12)16-7-5-14(10-19-16)28(25,26)22-17-15(27-3)6-4-13-9-20-23(2)18(13)17/h4-11,22H,1-3H3. The maximum Gasteiger partial charge on any atom is 0.263 e. The Balaban J connectivity index is 1.72. The van der Waals surface area contributed by atoms with Crippen LogP contribution in [-0.2, 0) is 17.1 Å². The van der Waals surface area contributed by atoms with Gasteiger partial charge in [0.1, 0.15) is 16.3 Å². The van der Waals surface area contributed by atoms with Crippen molar-refractivity contribution in [1.29, 1.82) is 0 Å². The van der Waals surface area contributed by atoms with Crippen molar-refractivity contribution in [3.8, 4) is 11.6 Å². The van der Waals surface area contributed by atoms with Gasteiger partial charge in [-0.3, -0.25) is 9.40 Å².